The van der Waals surface area contributed by atoms with Crippen LogP contribution in [0.5, 0.6) is 11.5 Å². The van der Waals surface area contributed by atoms with Crippen molar-refractivity contribution in [3.63, 3.8) is 0 Å². The molecule has 0 atom stereocenters. The van der Waals surface area contributed by atoms with Gasteiger partial charge in [0, 0.05) is 48.9 Å². The van der Waals surface area contributed by atoms with Crippen LogP contribution in [0.4, 0.5) is 16.5 Å². The van der Waals surface area contributed by atoms with Crippen molar-refractivity contribution in [2.24, 2.45) is 0 Å². The lowest BCUT2D eigenvalue weighted by Crippen LogP contribution is -2.49. The Balaban J connectivity index is 1.32. The van der Waals surface area contributed by atoms with Crippen LogP contribution in [0.2, 0.25) is 0 Å². The zero-order chi connectivity index (χ0) is 24.1. The van der Waals surface area contributed by atoms with Crippen LogP contribution in [0.15, 0.2) is 47.8 Å². The Hall–Kier alpha value is -3.59. The van der Waals surface area contributed by atoms with Gasteiger partial charge in [0.1, 0.15) is 11.5 Å². The van der Waals surface area contributed by atoms with Gasteiger partial charge < -0.3 is 24.6 Å². The molecule has 0 unspecified atom stereocenters. The maximum absolute atomic E-state index is 12.9. The lowest BCUT2D eigenvalue weighted by molar-refractivity contribution is -0.130. The quantitative estimate of drug-likeness (QED) is 0.488. The average Bonchev–Trinajstić information content (AvgIpc) is 3.30. The van der Waals surface area contributed by atoms with Crippen molar-refractivity contribution in [3.8, 4) is 11.5 Å². The van der Waals surface area contributed by atoms with Crippen LogP contribution in [0, 0.1) is 0 Å². The number of aromatic nitrogens is 1. The van der Waals surface area contributed by atoms with Crippen LogP contribution in [-0.2, 0) is 11.2 Å². The Bertz CT molecular complexity index is 1150. The molecule has 8 nitrogen and oxygen atoms in total. The second-order valence-corrected chi connectivity index (χ2v) is 8.84. The average molecular weight is 481 g/mol. The van der Waals surface area contributed by atoms with Gasteiger partial charge in [0.05, 0.1) is 32.0 Å². The van der Waals surface area contributed by atoms with E-state index in [0.717, 1.165) is 30.2 Å². The SMILES string of the molecule is COc1ccc(OC)c(Nc2nc(CC(=O)N3CCN(c4ccc(C(C)=O)cc4)CC3)cs2)c1. The fourth-order valence-electron chi connectivity index (χ4n) is 3.86. The molecular formula is C25H28N4O4S. The number of hydrogen-bond donors (Lipinski definition) is 1. The number of piperazine rings is 1. The highest BCUT2D eigenvalue weighted by molar-refractivity contribution is 7.13. The van der Waals surface area contributed by atoms with E-state index in [2.05, 4.69) is 15.2 Å². The Morgan fingerprint density at radius 1 is 1.03 bits per heavy atom. The van der Waals surface area contributed by atoms with Crippen molar-refractivity contribution in [3.05, 3.63) is 59.1 Å². The summed E-state index contributed by atoms with van der Waals surface area (Å²) in [4.78, 5) is 33.0. The van der Waals surface area contributed by atoms with E-state index in [1.165, 1.54) is 11.3 Å². The van der Waals surface area contributed by atoms with E-state index < -0.39 is 0 Å². The number of ketones is 1. The molecule has 1 N–H and O–H groups in total. The maximum Gasteiger partial charge on any atom is 0.228 e. The summed E-state index contributed by atoms with van der Waals surface area (Å²) in [5.74, 6) is 1.53. The zero-order valence-electron chi connectivity index (χ0n) is 19.5. The highest BCUT2D eigenvalue weighted by atomic mass is 32.1. The summed E-state index contributed by atoms with van der Waals surface area (Å²) < 4.78 is 10.7. The minimum atomic E-state index is 0.0602. The normalized spacial score (nSPS) is 13.5. The second kappa shape index (κ2) is 10.6. The van der Waals surface area contributed by atoms with Crippen LogP contribution >= 0.6 is 11.3 Å². The van der Waals surface area contributed by atoms with Crippen molar-refractivity contribution >= 4 is 39.5 Å². The number of benzene rings is 2. The topological polar surface area (TPSA) is 84.0 Å². The van der Waals surface area contributed by atoms with Gasteiger partial charge in [0.25, 0.3) is 0 Å². The lowest BCUT2D eigenvalue weighted by Gasteiger charge is -2.36. The number of ether oxygens (including phenoxy) is 2. The predicted molar refractivity (Wildman–Crippen MR) is 134 cm³/mol. The number of Topliss-reactive ketones (excluding diaryl/α,β-unsaturated/α-hetero) is 1. The predicted octanol–water partition coefficient (Wildman–Crippen LogP) is 4.00. The summed E-state index contributed by atoms with van der Waals surface area (Å²) in [6.45, 7) is 4.39. The van der Waals surface area contributed by atoms with E-state index in [1.807, 2.05) is 52.7 Å². The summed E-state index contributed by atoms with van der Waals surface area (Å²) in [5.41, 5.74) is 3.27. The van der Waals surface area contributed by atoms with Gasteiger partial charge in [0.15, 0.2) is 10.9 Å². The molecule has 1 saturated heterocycles. The van der Waals surface area contributed by atoms with Gasteiger partial charge in [-0.1, -0.05) is 0 Å². The molecule has 1 aliphatic rings. The number of hydrogen-bond acceptors (Lipinski definition) is 8. The summed E-state index contributed by atoms with van der Waals surface area (Å²) in [5, 5.41) is 5.85. The summed E-state index contributed by atoms with van der Waals surface area (Å²) in [7, 11) is 3.22. The molecule has 4 rings (SSSR count). The molecule has 9 heteroatoms. The minimum absolute atomic E-state index is 0.0602. The van der Waals surface area contributed by atoms with Gasteiger partial charge in [-0.25, -0.2) is 4.98 Å². The number of rotatable bonds is 8. The highest BCUT2D eigenvalue weighted by Gasteiger charge is 2.22. The van der Waals surface area contributed by atoms with Crippen molar-refractivity contribution in [1.82, 2.24) is 9.88 Å². The number of amides is 1. The maximum atomic E-state index is 12.9. The van der Waals surface area contributed by atoms with Crippen molar-refractivity contribution in [2.75, 3.05) is 50.6 Å². The number of carbonyl (C=O) groups excluding carboxylic acids is 2. The molecule has 0 radical (unpaired) electrons. The minimum Gasteiger partial charge on any atom is -0.497 e. The number of nitrogens with one attached hydrogen (secondary N) is 1. The van der Waals surface area contributed by atoms with E-state index >= 15 is 0 Å². The van der Waals surface area contributed by atoms with Gasteiger partial charge in [-0.3, -0.25) is 9.59 Å². The molecule has 2 aromatic carbocycles. The largest absolute Gasteiger partial charge is 0.497 e. The standard InChI is InChI=1S/C25H28N4O4S/c1-17(30)18-4-6-20(7-5-18)28-10-12-29(13-11-28)24(31)14-19-16-34-25(26-19)27-22-15-21(32-2)8-9-23(22)33-3/h4-9,15-16H,10-14H2,1-3H3,(H,26,27). The molecule has 1 aliphatic heterocycles. The molecule has 1 aromatic heterocycles. The molecule has 0 saturated carbocycles. The molecule has 0 spiro atoms. The Morgan fingerprint density at radius 2 is 1.76 bits per heavy atom. The van der Waals surface area contributed by atoms with Crippen LogP contribution in [0.3, 0.4) is 0 Å². The second-order valence-electron chi connectivity index (χ2n) is 7.98. The first kappa shape index (κ1) is 23.6. The van der Waals surface area contributed by atoms with Gasteiger partial charge >= 0.3 is 0 Å². The van der Waals surface area contributed by atoms with Gasteiger partial charge in [0.2, 0.25) is 5.91 Å². The number of thiazole rings is 1. The van der Waals surface area contributed by atoms with Crippen LogP contribution < -0.4 is 19.7 Å². The number of anilines is 3. The number of carbonyl (C=O) groups is 2. The van der Waals surface area contributed by atoms with Crippen LogP contribution in [0.25, 0.3) is 0 Å². The van der Waals surface area contributed by atoms with E-state index in [-0.39, 0.29) is 18.1 Å². The smallest absolute Gasteiger partial charge is 0.228 e. The Morgan fingerprint density at radius 3 is 2.41 bits per heavy atom. The summed E-state index contributed by atoms with van der Waals surface area (Å²) in [6, 6.07) is 13.1. The molecule has 178 valence electrons. The van der Waals surface area contributed by atoms with Gasteiger partial charge in [-0.15, -0.1) is 11.3 Å². The Kier molecular flexibility index (Phi) is 7.32. The van der Waals surface area contributed by atoms with E-state index in [4.69, 9.17) is 9.47 Å². The van der Waals surface area contributed by atoms with Gasteiger partial charge in [-0.2, -0.15) is 0 Å². The monoisotopic (exact) mass is 480 g/mol. The zero-order valence-corrected chi connectivity index (χ0v) is 20.4. The van der Waals surface area contributed by atoms with E-state index in [0.29, 0.717) is 35.3 Å². The van der Waals surface area contributed by atoms with Crippen LogP contribution in [0.1, 0.15) is 23.0 Å². The first-order valence-corrected chi connectivity index (χ1v) is 11.9. The van der Waals surface area contributed by atoms with Crippen molar-refractivity contribution in [1.29, 1.82) is 0 Å². The Labute approximate surface area is 203 Å². The first-order valence-electron chi connectivity index (χ1n) is 11.0. The van der Waals surface area contributed by atoms with Crippen molar-refractivity contribution < 1.29 is 19.1 Å². The number of nitrogens with zero attached hydrogens (tertiary/aromatic N) is 3. The van der Waals surface area contributed by atoms with E-state index in [1.54, 1.807) is 21.1 Å². The molecule has 2 heterocycles. The summed E-state index contributed by atoms with van der Waals surface area (Å²) >= 11 is 1.44. The fraction of sp³-hybridized carbons (Fsp3) is 0.320. The molecule has 1 fully saturated rings. The van der Waals surface area contributed by atoms with Crippen molar-refractivity contribution in [2.45, 2.75) is 13.3 Å². The fourth-order valence-corrected chi connectivity index (χ4v) is 4.58. The molecule has 0 bridgehead atoms. The van der Waals surface area contributed by atoms with E-state index in [9.17, 15) is 9.59 Å². The number of methoxy groups -OCH3 is 2. The first-order chi connectivity index (χ1) is 16.5. The molecule has 34 heavy (non-hydrogen) atoms. The molecular weight excluding hydrogens is 452 g/mol. The third-order valence-corrected chi connectivity index (χ3v) is 6.61. The summed E-state index contributed by atoms with van der Waals surface area (Å²) in [6.07, 6.45) is 0.265. The highest BCUT2D eigenvalue weighted by Crippen LogP contribution is 2.32. The molecule has 0 aliphatic carbocycles. The third-order valence-electron chi connectivity index (χ3n) is 5.80. The molecule has 3 aromatic rings. The van der Waals surface area contributed by atoms with Gasteiger partial charge in [-0.05, 0) is 43.3 Å². The third kappa shape index (κ3) is 5.48. The lowest BCUT2D eigenvalue weighted by atomic mass is 10.1. The molecule has 1 amide bonds. The van der Waals surface area contributed by atoms with Crippen LogP contribution in [-0.4, -0.2) is 62.0 Å².